The van der Waals surface area contributed by atoms with Crippen LogP contribution < -0.4 is 0 Å². The van der Waals surface area contributed by atoms with Crippen molar-refractivity contribution in [2.45, 2.75) is 13.1 Å². The molecule has 0 saturated carbocycles. The van der Waals surface area contributed by atoms with Gasteiger partial charge in [0.25, 0.3) is 0 Å². The molecule has 40 heavy (non-hydrogen) atoms. The Kier molecular flexibility index (Phi) is 9.29. The van der Waals surface area contributed by atoms with Crippen LogP contribution in [0.3, 0.4) is 0 Å². The van der Waals surface area contributed by atoms with Gasteiger partial charge in [0, 0.05) is 0 Å². The Hall–Kier alpha value is -5.54. The second kappa shape index (κ2) is 12.8. The average molecular weight is 558 g/mol. The van der Waals surface area contributed by atoms with E-state index in [1.54, 1.807) is 0 Å². The zero-order valence-corrected chi connectivity index (χ0v) is 20.9. The molecule has 2 aromatic heterocycles. The first kappa shape index (κ1) is 29.0. The van der Waals surface area contributed by atoms with Gasteiger partial charge in [-0.05, 0) is 35.4 Å². The molecular formula is C24H20F2N6O8. The van der Waals surface area contributed by atoms with Gasteiger partial charge in [0.2, 0.25) is 11.4 Å². The summed E-state index contributed by atoms with van der Waals surface area (Å²) in [5.74, 6) is -2.50. The van der Waals surface area contributed by atoms with Gasteiger partial charge in [0.15, 0.2) is 0 Å². The Labute approximate surface area is 223 Å². The van der Waals surface area contributed by atoms with Gasteiger partial charge in [-0.1, -0.05) is 24.3 Å². The second-order valence-corrected chi connectivity index (χ2v) is 7.85. The van der Waals surface area contributed by atoms with E-state index in [0.29, 0.717) is 11.1 Å². The summed E-state index contributed by atoms with van der Waals surface area (Å²) in [6, 6.07) is 11.1. The van der Waals surface area contributed by atoms with E-state index in [9.17, 15) is 38.6 Å². The summed E-state index contributed by atoms with van der Waals surface area (Å²) >= 11 is 0. The maximum absolute atomic E-state index is 12.8. The van der Waals surface area contributed by atoms with E-state index in [-0.39, 0.29) is 30.3 Å². The first-order valence-corrected chi connectivity index (χ1v) is 11.1. The predicted molar refractivity (Wildman–Crippen MR) is 131 cm³/mol. The van der Waals surface area contributed by atoms with Crippen molar-refractivity contribution in [3.05, 3.63) is 115 Å². The van der Waals surface area contributed by atoms with Crippen molar-refractivity contribution in [3.8, 4) is 0 Å². The van der Waals surface area contributed by atoms with E-state index in [4.69, 9.17) is 0 Å². The van der Waals surface area contributed by atoms with Gasteiger partial charge in [-0.25, -0.2) is 23.1 Å². The molecule has 14 nitrogen and oxygen atoms in total. The average Bonchev–Trinajstić information content (AvgIpc) is 3.55. The van der Waals surface area contributed by atoms with Gasteiger partial charge in [-0.3, -0.25) is 24.9 Å². The molecule has 4 rings (SSSR count). The van der Waals surface area contributed by atoms with Crippen LogP contribution in [-0.4, -0.2) is 55.6 Å². The lowest BCUT2D eigenvalue weighted by Crippen LogP contribution is -2.14. The summed E-state index contributed by atoms with van der Waals surface area (Å²) in [5, 5.41) is 29.3. The smallest absolute Gasteiger partial charge is 0.365 e. The molecule has 0 unspecified atom stereocenters. The van der Waals surface area contributed by atoms with Crippen LogP contribution in [0.25, 0.3) is 0 Å². The maximum Gasteiger partial charge on any atom is 0.365 e. The molecule has 208 valence electrons. The lowest BCUT2D eigenvalue weighted by Gasteiger charge is -2.05. The van der Waals surface area contributed by atoms with Crippen molar-refractivity contribution in [2.75, 3.05) is 14.2 Å². The number of nitro groups is 2. The van der Waals surface area contributed by atoms with E-state index in [1.165, 1.54) is 53.2 Å². The monoisotopic (exact) mass is 558 g/mol. The highest BCUT2D eigenvalue weighted by Crippen LogP contribution is 2.20. The highest BCUT2D eigenvalue weighted by Gasteiger charge is 2.28. The maximum atomic E-state index is 12.8. The summed E-state index contributed by atoms with van der Waals surface area (Å²) in [6.45, 7) is 0.274. The van der Waals surface area contributed by atoms with Crippen LogP contribution in [0.5, 0.6) is 0 Å². The molecule has 0 spiro atoms. The first-order valence-electron chi connectivity index (χ1n) is 11.1. The topological polar surface area (TPSA) is 175 Å². The number of carbonyl (C=O) groups is 2. The van der Waals surface area contributed by atoms with Crippen molar-refractivity contribution in [1.82, 2.24) is 19.6 Å². The number of esters is 2. The summed E-state index contributed by atoms with van der Waals surface area (Å²) in [5.41, 5.74) is -0.130. The third kappa shape index (κ3) is 7.06. The number of hydrogen-bond acceptors (Lipinski definition) is 10. The SMILES string of the molecule is COC(=O)c1c([N+](=O)[O-])cnn1Cc1ccc(F)cc1.COC(=O)c1nn(Cc2ccc(F)cc2)cc1[N+](=O)[O-]. The molecule has 4 aromatic rings. The molecule has 0 radical (unpaired) electrons. The molecule has 0 aliphatic rings. The molecule has 0 atom stereocenters. The number of aromatic nitrogens is 4. The zero-order chi connectivity index (χ0) is 29.4. The summed E-state index contributed by atoms with van der Waals surface area (Å²) < 4.78 is 36.9. The molecule has 0 bridgehead atoms. The van der Waals surface area contributed by atoms with Crippen LogP contribution in [0, 0.1) is 31.9 Å². The molecule has 0 aliphatic heterocycles. The number of rotatable bonds is 8. The molecular weight excluding hydrogens is 538 g/mol. The fourth-order valence-corrected chi connectivity index (χ4v) is 3.34. The van der Waals surface area contributed by atoms with Crippen LogP contribution in [0.4, 0.5) is 20.2 Å². The molecule has 2 aromatic carbocycles. The third-order valence-corrected chi connectivity index (χ3v) is 5.22. The number of halogens is 2. The Balaban J connectivity index is 0.000000220. The molecule has 0 saturated heterocycles. The van der Waals surface area contributed by atoms with E-state index < -0.39 is 39.0 Å². The van der Waals surface area contributed by atoms with Crippen LogP contribution >= 0.6 is 0 Å². The van der Waals surface area contributed by atoms with Crippen LogP contribution in [0.2, 0.25) is 0 Å². The lowest BCUT2D eigenvalue weighted by molar-refractivity contribution is -0.385. The van der Waals surface area contributed by atoms with Gasteiger partial charge in [0.1, 0.15) is 24.0 Å². The number of benzene rings is 2. The fourth-order valence-electron chi connectivity index (χ4n) is 3.34. The fraction of sp³-hybridized carbons (Fsp3) is 0.167. The van der Waals surface area contributed by atoms with Crippen LogP contribution in [0.15, 0.2) is 60.9 Å². The minimum atomic E-state index is -0.880. The highest BCUT2D eigenvalue weighted by atomic mass is 19.1. The zero-order valence-electron chi connectivity index (χ0n) is 20.9. The van der Waals surface area contributed by atoms with Gasteiger partial charge in [-0.15, -0.1) is 0 Å². The minimum absolute atomic E-state index is 0.0958. The number of nitrogens with zero attached hydrogens (tertiary/aromatic N) is 6. The second-order valence-electron chi connectivity index (χ2n) is 7.85. The van der Waals surface area contributed by atoms with Crippen molar-refractivity contribution >= 4 is 23.3 Å². The van der Waals surface area contributed by atoms with E-state index in [0.717, 1.165) is 31.3 Å². The number of methoxy groups -OCH3 is 2. The Morgan fingerprint density at radius 1 is 0.825 bits per heavy atom. The molecule has 0 amide bonds. The normalized spacial score (nSPS) is 10.3. The summed E-state index contributed by atoms with van der Waals surface area (Å²) in [7, 11) is 2.24. The highest BCUT2D eigenvalue weighted by molar-refractivity contribution is 5.92. The van der Waals surface area contributed by atoms with Gasteiger partial charge >= 0.3 is 23.3 Å². The van der Waals surface area contributed by atoms with Crippen molar-refractivity contribution in [2.24, 2.45) is 0 Å². The Morgan fingerprint density at radius 2 is 1.32 bits per heavy atom. The van der Waals surface area contributed by atoms with Crippen LogP contribution in [0.1, 0.15) is 32.1 Å². The van der Waals surface area contributed by atoms with Crippen molar-refractivity contribution in [3.63, 3.8) is 0 Å². The summed E-state index contributed by atoms with van der Waals surface area (Å²) in [4.78, 5) is 43.3. The molecule has 16 heteroatoms. The lowest BCUT2D eigenvalue weighted by atomic mass is 10.2. The van der Waals surface area contributed by atoms with E-state index in [2.05, 4.69) is 19.7 Å². The third-order valence-electron chi connectivity index (χ3n) is 5.22. The van der Waals surface area contributed by atoms with E-state index in [1.807, 2.05) is 0 Å². The number of ether oxygens (including phenoxy) is 2. The Bertz CT molecular complexity index is 1520. The Morgan fingerprint density at radius 3 is 1.80 bits per heavy atom. The minimum Gasteiger partial charge on any atom is -0.464 e. The molecule has 0 fully saturated rings. The van der Waals surface area contributed by atoms with Gasteiger partial charge in [0.05, 0.1) is 37.2 Å². The van der Waals surface area contributed by atoms with Crippen LogP contribution in [-0.2, 0) is 22.6 Å². The van der Waals surface area contributed by atoms with E-state index >= 15 is 0 Å². The largest absolute Gasteiger partial charge is 0.464 e. The summed E-state index contributed by atoms with van der Waals surface area (Å²) in [6.07, 6.45) is 2.12. The number of hydrogen-bond donors (Lipinski definition) is 0. The molecule has 0 N–H and O–H groups in total. The molecule has 2 heterocycles. The standard InChI is InChI=1S/2C12H10FN3O4/c1-20-12(17)11-10(16(18)19)6-14-15(11)7-8-2-4-9(13)5-3-8;1-20-12(17)11-10(16(18)19)7-15(14-11)6-8-2-4-9(13)5-3-8/h2-6H,7H2,1H3;2-5,7H,6H2,1H3. The number of carbonyl (C=O) groups excluding carboxylic acids is 2. The van der Waals surface area contributed by atoms with Gasteiger partial charge in [-0.2, -0.15) is 10.2 Å². The predicted octanol–water partition coefficient (Wildman–Crippen LogP) is 3.53. The molecule has 0 aliphatic carbocycles. The first-order chi connectivity index (χ1) is 19.0. The van der Waals surface area contributed by atoms with Crippen molar-refractivity contribution in [1.29, 1.82) is 0 Å². The van der Waals surface area contributed by atoms with Gasteiger partial charge < -0.3 is 9.47 Å². The quantitative estimate of drug-likeness (QED) is 0.177. The van der Waals surface area contributed by atoms with Crippen molar-refractivity contribution < 1.29 is 37.7 Å².